The van der Waals surface area contributed by atoms with Crippen LogP contribution in [-0.2, 0) is 9.53 Å². The quantitative estimate of drug-likeness (QED) is 0.840. The summed E-state index contributed by atoms with van der Waals surface area (Å²) in [6.45, 7) is 5.04. The molecule has 0 spiro atoms. The number of halogens is 1. The fourth-order valence-electron chi connectivity index (χ4n) is 3.98. The largest absolute Gasteiger partial charge is 0.379 e. The zero-order chi connectivity index (χ0) is 18.4. The van der Waals surface area contributed by atoms with Crippen LogP contribution in [-0.4, -0.2) is 68.7 Å². The summed E-state index contributed by atoms with van der Waals surface area (Å²) < 4.78 is 19.9. The Hall–Kier alpha value is -1.50. The van der Waals surface area contributed by atoms with Crippen molar-refractivity contribution in [3.05, 3.63) is 35.6 Å². The molecule has 0 radical (unpaired) electrons. The molecule has 2 fully saturated rings. The predicted molar refractivity (Wildman–Crippen MR) is 99.4 cm³/mol. The van der Waals surface area contributed by atoms with Gasteiger partial charge < -0.3 is 15.0 Å². The standard InChI is InChI=1S/C20H30FN3O2/c1-22-9-6-16-7-10-24(11-8-16)20(25)19(23-12-14-26-15-13-23)17-4-2-3-5-18(17)21/h2-5,16,19,22H,6-15H2,1H3. The van der Waals surface area contributed by atoms with E-state index in [-0.39, 0.29) is 11.7 Å². The summed E-state index contributed by atoms with van der Waals surface area (Å²) in [5.41, 5.74) is 0.483. The Morgan fingerprint density at radius 2 is 1.92 bits per heavy atom. The van der Waals surface area contributed by atoms with Crippen LogP contribution in [0.1, 0.15) is 30.9 Å². The SMILES string of the molecule is CNCCC1CCN(C(=O)C(c2ccccc2F)N2CCOCC2)CC1. The zero-order valence-electron chi connectivity index (χ0n) is 15.6. The van der Waals surface area contributed by atoms with E-state index < -0.39 is 6.04 Å². The molecule has 1 atom stereocenters. The first kappa shape index (κ1) is 19.3. The Labute approximate surface area is 155 Å². The minimum Gasteiger partial charge on any atom is -0.379 e. The number of nitrogens with one attached hydrogen (secondary N) is 1. The van der Waals surface area contributed by atoms with E-state index >= 15 is 0 Å². The Morgan fingerprint density at radius 1 is 1.23 bits per heavy atom. The second-order valence-electron chi connectivity index (χ2n) is 7.23. The van der Waals surface area contributed by atoms with Gasteiger partial charge in [0.1, 0.15) is 11.9 Å². The first-order valence-electron chi connectivity index (χ1n) is 9.70. The number of piperidine rings is 1. The van der Waals surface area contributed by atoms with Crippen LogP contribution < -0.4 is 5.32 Å². The predicted octanol–water partition coefficient (Wildman–Crippen LogP) is 2.05. The van der Waals surface area contributed by atoms with Crippen molar-refractivity contribution in [2.75, 3.05) is 53.0 Å². The van der Waals surface area contributed by atoms with Crippen molar-refractivity contribution < 1.29 is 13.9 Å². The van der Waals surface area contributed by atoms with Gasteiger partial charge in [-0.1, -0.05) is 18.2 Å². The van der Waals surface area contributed by atoms with E-state index in [9.17, 15) is 9.18 Å². The number of nitrogens with zero attached hydrogens (tertiary/aromatic N) is 2. The summed E-state index contributed by atoms with van der Waals surface area (Å²) in [5.74, 6) is 0.395. The van der Waals surface area contributed by atoms with Crippen molar-refractivity contribution in [2.45, 2.75) is 25.3 Å². The Balaban J connectivity index is 1.72. The number of carbonyl (C=O) groups is 1. The van der Waals surface area contributed by atoms with Crippen molar-refractivity contribution in [2.24, 2.45) is 5.92 Å². The van der Waals surface area contributed by atoms with Crippen LogP contribution in [0, 0.1) is 11.7 Å². The first-order chi connectivity index (χ1) is 12.7. The molecule has 1 N–H and O–H groups in total. The van der Waals surface area contributed by atoms with Gasteiger partial charge in [0.2, 0.25) is 5.91 Å². The number of likely N-dealkylation sites (tertiary alicyclic amines) is 1. The van der Waals surface area contributed by atoms with Crippen molar-refractivity contribution in [3.8, 4) is 0 Å². The lowest BCUT2D eigenvalue weighted by molar-refractivity contribution is -0.140. The third-order valence-electron chi connectivity index (χ3n) is 5.57. The molecule has 2 aliphatic rings. The van der Waals surface area contributed by atoms with Crippen LogP contribution in [0.15, 0.2) is 24.3 Å². The summed E-state index contributed by atoms with van der Waals surface area (Å²) in [5, 5.41) is 3.20. The van der Waals surface area contributed by atoms with Gasteiger partial charge in [-0.2, -0.15) is 0 Å². The summed E-state index contributed by atoms with van der Waals surface area (Å²) in [6.07, 6.45) is 3.21. The molecule has 5 nitrogen and oxygen atoms in total. The molecule has 2 aliphatic heterocycles. The van der Waals surface area contributed by atoms with Gasteiger partial charge in [0.15, 0.2) is 0 Å². The fraction of sp³-hybridized carbons (Fsp3) is 0.650. The van der Waals surface area contributed by atoms with E-state index in [4.69, 9.17) is 4.74 Å². The van der Waals surface area contributed by atoms with Crippen LogP contribution in [0.2, 0.25) is 0 Å². The number of rotatable bonds is 6. The summed E-state index contributed by atoms with van der Waals surface area (Å²) >= 11 is 0. The van der Waals surface area contributed by atoms with Gasteiger partial charge in [-0.3, -0.25) is 9.69 Å². The smallest absolute Gasteiger partial charge is 0.244 e. The molecule has 2 saturated heterocycles. The lowest BCUT2D eigenvalue weighted by atomic mass is 9.92. The number of ether oxygens (including phenoxy) is 1. The van der Waals surface area contributed by atoms with E-state index in [0.717, 1.165) is 38.9 Å². The Morgan fingerprint density at radius 3 is 2.58 bits per heavy atom. The normalized spacial score (nSPS) is 20.9. The van der Waals surface area contributed by atoms with Gasteiger partial charge in [-0.15, -0.1) is 0 Å². The maximum atomic E-state index is 14.5. The molecule has 1 aromatic carbocycles. The highest BCUT2D eigenvalue weighted by molar-refractivity contribution is 5.83. The van der Waals surface area contributed by atoms with E-state index in [0.29, 0.717) is 37.8 Å². The van der Waals surface area contributed by atoms with Crippen LogP contribution in [0.25, 0.3) is 0 Å². The molecule has 0 bridgehead atoms. The molecule has 26 heavy (non-hydrogen) atoms. The van der Waals surface area contributed by atoms with Crippen LogP contribution in [0.3, 0.4) is 0 Å². The van der Waals surface area contributed by atoms with Gasteiger partial charge in [-0.05, 0) is 44.8 Å². The van der Waals surface area contributed by atoms with Crippen LogP contribution in [0.5, 0.6) is 0 Å². The van der Waals surface area contributed by atoms with Crippen molar-refractivity contribution in [3.63, 3.8) is 0 Å². The van der Waals surface area contributed by atoms with Gasteiger partial charge in [0, 0.05) is 31.7 Å². The highest BCUT2D eigenvalue weighted by atomic mass is 19.1. The van der Waals surface area contributed by atoms with Crippen molar-refractivity contribution in [1.82, 2.24) is 15.1 Å². The van der Waals surface area contributed by atoms with Gasteiger partial charge >= 0.3 is 0 Å². The molecule has 3 rings (SSSR count). The molecular formula is C20H30FN3O2. The van der Waals surface area contributed by atoms with Gasteiger partial charge in [-0.25, -0.2) is 4.39 Å². The van der Waals surface area contributed by atoms with E-state index in [2.05, 4.69) is 10.2 Å². The lowest BCUT2D eigenvalue weighted by Crippen LogP contribution is -2.49. The number of carbonyl (C=O) groups excluding carboxylic acids is 1. The van der Waals surface area contributed by atoms with Crippen LogP contribution in [0.4, 0.5) is 4.39 Å². The third-order valence-corrected chi connectivity index (χ3v) is 5.57. The molecule has 1 amide bonds. The second-order valence-corrected chi connectivity index (χ2v) is 7.23. The fourth-order valence-corrected chi connectivity index (χ4v) is 3.98. The highest BCUT2D eigenvalue weighted by Crippen LogP contribution is 2.29. The molecule has 1 aromatic rings. The van der Waals surface area contributed by atoms with E-state index in [1.807, 2.05) is 18.0 Å². The lowest BCUT2D eigenvalue weighted by Gasteiger charge is -2.39. The third kappa shape index (κ3) is 4.61. The number of hydrogen-bond donors (Lipinski definition) is 1. The first-order valence-corrected chi connectivity index (χ1v) is 9.70. The summed E-state index contributed by atoms with van der Waals surface area (Å²) in [4.78, 5) is 17.3. The minimum atomic E-state index is -0.547. The van der Waals surface area contributed by atoms with Crippen molar-refractivity contribution in [1.29, 1.82) is 0 Å². The number of benzene rings is 1. The molecule has 144 valence electrons. The number of amides is 1. The summed E-state index contributed by atoms with van der Waals surface area (Å²) in [6, 6.07) is 6.12. The maximum Gasteiger partial charge on any atom is 0.244 e. The molecule has 2 heterocycles. The maximum absolute atomic E-state index is 14.5. The monoisotopic (exact) mass is 363 g/mol. The van der Waals surface area contributed by atoms with E-state index in [1.165, 1.54) is 6.07 Å². The van der Waals surface area contributed by atoms with Gasteiger partial charge in [0.05, 0.1) is 13.2 Å². The number of hydrogen-bond acceptors (Lipinski definition) is 4. The van der Waals surface area contributed by atoms with Crippen LogP contribution >= 0.6 is 0 Å². The molecule has 0 aliphatic carbocycles. The minimum absolute atomic E-state index is 0.0315. The molecule has 0 saturated carbocycles. The Bertz CT molecular complexity index is 584. The van der Waals surface area contributed by atoms with E-state index in [1.54, 1.807) is 12.1 Å². The average Bonchev–Trinajstić information content (AvgIpc) is 2.69. The molecular weight excluding hydrogens is 333 g/mol. The van der Waals surface area contributed by atoms with Crippen molar-refractivity contribution >= 4 is 5.91 Å². The van der Waals surface area contributed by atoms with Gasteiger partial charge in [0.25, 0.3) is 0 Å². The molecule has 6 heteroatoms. The molecule has 1 unspecified atom stereocenters. The molecule has 0 aromatic heterocycles. The average molecular weight is 363 g/mol. The zero-order valence-corrected chi connectivity index (χ0v) is 15.6. The summed E-state index contributed by atoms with van der Waals surface area (Å²) in [7, 11) is 1.97. The number of morpholine rings is 1. The topological polar surface area (TPSA) is 44.8 Å². The highest BCUT2D eigenvalue weighted by Gasteiger charge is 2.35. The second kappa shape index (κ2) is 9.44. The Kier molecular flexibility index (Phi) is 7.00.